The SMILES string of the molecule is COC(=O)c1cc2c(cc3ccc4cccc5ccc2c3c45)[nH]1.COC(=O)c1cc2c(cc3ccc4cccc5ccc2c3c45)[nH]1.c1ccccc1. The van der Waals surface area contributed by atoms with Gasteiger partial charge in [0.05, 0.1) is 14.2 Å². The molecule has 0 saturated carbocycles. The third-order valence-electron chi connectivity index (χ3n) is 9.97. The predicted molar refractivity (Wildman–Crippen MR) is 213 cm³/mol. The topological polar surface area (TPSA) is 84.2 Å². The molecule has 0 atom stereocenters. The van der Waals surface area contributed by atoms with Crippen molar-refractivity contribution < 1.29 is 19.1 Å². The molecule has 0 unspecified atom stereocenters. The lowest BCUT2D eigenvalue weighted by Gasteiger charge is -2.11. The Hall–Kier alpha value is -6.92. The van der Waals surface area contributed by atoms with Crippen LogP contribution in [0.1, 0.15) is 21.0 Å². The average molecular weight is 677 g/mol. The van der Waals surface area contributed by atoms with E-state index in [1.54, 1.807) is 0 Å². The number of rotatable bonds is 2. The molecule has 0 aliphatic heterocycles. The van der Waals surface area contributed by atoms with Crippen molar-refractivity contribution in [2.75, 3.05) is 14.2 Å². The Kier molecular flexibility index (Phi) is 7.44. The molecule has 52 heavy (non-hydrogen) atoms. The highest BCUT2D eigenvalue weighted by Gasteiger charge is 2.17. The molecule has 0 spiro atoms. The molecule has 11 rings (SSSR count). The number of aromatic amines is 2. The van der Waals surface area contributed by atoms with Crippen LogP contribution < -0.4 is 0 Å². The van der Waals surface area contributed by atoms with Crippen molar-refractivity contribution in [3.63, 3.8) is 0 Å². The van der Waals surface area contributed by atoms with Gasteiger partial charge in [0.2, 0.25) is 0 Å². The van der Waals surface area contributed by atoms with E-state index in [0.29, 0.717) is 11.4 Å². The summed E-state index contributed by atoms with van der Waals surface area (Å²) in [6.07, 6.45) is 0. The summed E-state index contributed by atoms with van der Waals surface area (Å²) < 4.78 is 9.66. The predicted octanol–water partition coefficient (Wildman–Crippen LogP) is 11.4. The molecule has 9 aromatic carbocycles. The van der Waals surface area contributed by atoms with Crippen LogP contribution in [-0.2, 0) is 9.47 Å². The third-order valence-corrected chi connectivity index (χ3v) is 9.97. The van der Waals surface area contributed by atoms with Crippen LogP contribution in [0, 0.1) is 0 Å². The number of carbonyl (C=O) groups excluding carboxylic acids is 2. The number of carbonyl (C=O) groups is 2. The van der Waals surface area contributed by atoms with Crippen molar-refractivity contribution in [1.82, 2.24) is 9.97 Å². The van der Waals surface area contributed by atoms with Gasteiger partial charge < -0.3 is 19.4 Å². The van der Waals surface area contributed by atoms with Crippen LogP contribution in [0.4, 0.5) is 0 Å². The van der Waals surface area contributed by atoms with E-state index in [1.807, 2.05) is 48.5 Å². The van der Waals surface area contributed by atoms with E-state index in [4.69, 9.17) is 9.47 Å². The fourth-order valence-electron chi connectivity index (χ4n) is 7.66. The van der Waals surface area contributed by atoms with Gasteiger partial charge in [-0.1, -0.05) is 121 Å². The van der Waals surface area contributed by atoms with Crippen molar-refractivity contribution in [3.8, 4) is 0 Å². The Labute approximate surface area is 297 Å². The first-order valence-corrected chi connectivity index (χ1v) is 17.1. The van der Waals surface area contributed by atoms with E-state index in [2.05, 4.69) is 107 Å². The average Bonchev–Trinajstić information content (AvgIpc) is 3.84. The minimum absolute atomic E-state index is 0.345. The van der Waals surface area contributed by atoms with Gasteiger partial charge in [0.15, 0.2) is 0 Å². The van der Waals surface area contributed by atoms with Gasteiger partial charge in [0, 0.05) is 21.8 Å². The number of esters is 2. The summed E-state index contributed by atoms with van der Waals surface area (Å²) in [6, 6.07) is 49.9. The number of H-pyrrole nitrogens is 2. The number of nitrogens with one attached hydrogen (secondary N) is 2. The molecule has 2 aromatic heterocycles. The Morgan fingerprint density at radius 2 is 0.731 bits per heavy atom. The van der Waals surface area contributed by atoms with Gasteiger partial charge in [-0.2, -0.15) is 0 Å². The van der Waals surface area contributed by atoms with Crippen LogP contribution in [0.15, 0.2) is 146 Å². The number of ether oxygens (including phenoxy) is 2. The Balaban J connectivity index is 0.000000120. The summed E-state index contributed by atoms with van der Waals surface area (Å²) >= 11 is 0. The Bertz CT molecular complexity index is 2830. The Morgan fingerprint density at radius 3 is 1.10 bits per heavy atom. The molecule has 0 aliphatic rings. The van der Waals surface area contributed by atoms with Gasteiger partial charge in [0.1, 0.15) is 11.4 Å². The second-order valence-electron chi connectivity index (χ2n) is 12.9. The van der Waals surface area contributed by atoms with Crippen molar-refractivity contribution >= 4 is 98.4 Å². The number of fused-ring (bicyclic) bond motifs is 4. The molecule has 0 fully saturated rings. The lowest BCUT2D eigenvalue weighted by Crippen LogP contribution is -2.00. The first kappa shape index (κ1) is 31.1. The van der Waals surface area contributed by atoms with Gasteiger partial charge in [0.25, 0.3) is 0 Å². The van der Waals surface area contributed by atoms with Gasteiger partial charge in [-0.05, 0) is 88.9 Å². The van der Waals surface area contributed by atoms with Crippen molar-refractivity contribution in [2.24, 2.45) is 0 Å². The summed E-state index contributed by atoms with van der Waals surface area (Å²) in [5.41, 5.74) is 2.88. The molecule has 0 radical (unpaired) electrons. The highest BCUT2D eigenvalue weighted by atomic mass is 16.5. The molecular weight excluding hydrogens is 645 g/mol. The van der Waals surface area contributed by atoms with Crippen molar-refractivity contribution in [3.05, 3.63) is 157 Å². The largest absolute Gasteiger partial charge is 0.464 e. The fraction of sp³-hybridized carbons (Fsp3) is 0.0435. The van der Waals surface area contributed by atoms with Gasteiger partial charge in [-0.3, -0.25) is 0 Å². The number of aromatic nitrogens is 2. The van der Waals surface area contributed by atoms with E-state index < -0.39 is 0 Å². The monoisotopic (exact) mass is 676 g/mol. The van der Waals surface area contributed by atoms with Crippen LogP contribution in [-0.4, -0.2) is 36.1 Å². The zero-order valence-electron chi connectivity index (χ0n) is 28.5. The lowest BCUT2D eigenvalue weighted by molar-refractivity contribution is 0.0586. The number of hydrogen-bond acceptors (Lipinski definition) is 4. The first-order chi connectivity index (χ1) is 25.5. The molecule has 2 heterocycles. The number of methoxy groups -OCH3 is 2. The van der Waals surface area contributed by atoms with Crippen molar-refractivity contribution in [2.45, 2.75) is 0 Å². The zero-order valence-corrected chi connectivity index (χ0v) is 28.5. The molecule has 0 aliphatic carbocycles. The quantitative estimate of drug-likeness (QED) is 0.141. The van der Waals surface area contributed by atoms with Crippen molar-refractivity contribution in [1.29, 1.82) is 0 Å². The van der Waals surface area contributed by atoms with Gasteiger partial charge >= 0.3 is 11.9 Å². The smallest absolute Gasteiger partial charge is 0.354 e. The summed E-state index contributed by atoms with van der Waals surface area (Å²) in [5, 5.41) is 16.8. The molecule has 11 aromatic rings. The minimum Gasteiger partial charge on any atom is -0.464 e. The zero-order chi connectivity index (χ0) is 35.3. The molecule has 0 bridgehead atoms. The highest BCUT2D eigenvalue weighted by molar-refractivity contribution is 6.30. The number of hydrogen-bond donors (Lipinski definition) is 2. The molecule has 0 amide bonds. The second-order valence-corrected chi connectivity index (χ2v) is 12.9. The molecule has 6 heteroatoms. The second kappa shape index (κ2) is 12.4. The van der Waals surface area contributed by atoms with Crippen LogP contribution in [0.25, 0.3) is 86.4 Å². The molecule has 6 nitrogen and oxygen atoms in total. The normalized spacial score (nSPS) is 11.4. The van der Waals surface area contributed by atoms with E-state index in [0.717, 1.165) is 32.6 Å². The third kappa shape index (κ3) is 5.04. The Morgan fingerprint density at radius 1 is 0.385 bits per heavy atom. The van der Waals surface area contributed by atoms with Crippen LogP contribution in [0.5, 0.6) is 0 Å². The van der Waals surface area contributed by atoms with Gasteiger partial charge in [-0.25, -0.2) is 9.59 Å². The summed E-state index contributed by atoms with van der Waals surface area (Å²) in [6.45, 7) is 0. The summed E-state index contributed by atoms with van der Waals surface area (Å²) in [5.74, 6) is -0.689. The van der Waals surface area contributed by atoms with E-state index in [1.165, 1.54) is 68.1 Å². The van der Waals surface area contributed by atoms with Crippen LogP contribution >= 0.6 is 0 Å². The standard InChI is InChI=1S/2C20H13NO2.C6H6/c2*1-23-20(22)17-10-15-14-8-7-12-4-2-3-11-5-6-13(9-16(15)21-17)19(14)18(11)12;1-2-4-6-5-3-1/h2*2-10,21H,1H3;1-6H. The number of benzene rings is 9. The fourth-order valence-corrected chi connectivity index (χ4v) is 7.66. The highest BCUT2D eigenvalue weighted by Crippen LogP contribution is 2.40. The van der Waals surface area contributed by atoms with E-state index >= 15 is 0 Å². The first-order valence-electron chi connectivity index (χ1n) is 17.1. The van der Waals surface area contributed by atoms with E-state index in [-0.39, 0.29) is 11.9 Å². The molecule has 0 saturated heterocycles. The minimum atomic E-state index is -0.345. The molecule has 2 N–H and O–H groups in total. The van der Waals surface area contributed by atoms with Crippen LogP contribution in [0.3, 0.4) is 0 Å². The van der Waals surface area contributed by atoms with E-state index in [9.17, 15) is 9.59 Å². The molecular formula is C46H32N2O4. The maximum Gasteiger partial charge on any atom is 0.354 e. The summed E-state index contributed by atoms with van der Waals surface area (Å²) in [4.78, 5) is 30.0. The molecule has 250 valence electrons. The maximum atomic E-state index is 11.8. The maximum absolute atomic E-state index is 11.8. The van der Waals surface area contributed by atoms with Crippen LogP contribution in [0.2, 0.25) is 0 Å². The van der Waals surface area contributed by atoms with Gasteiger partial charge in [-0.15, -0.1) is 0 Å². The summed E-state index contributed by atoms with van der Waals surface area (Å²) in [7, 11) is 2.79. The lowest BCUT2D eigenvalue weighted by atomic mass is 9.93.